The maximum Gasteiger partial charge on any atom is 0.254 e. The van der Waals surface area contributed by atoms with E-state index in [1.54, 1.807) is 23.1 Å². The lowest BCUT2D eigenvalue weighted by Gasteiger charge is -2.19. The third kappa shape index (κ3) is 3.36. The maximum absolute atomic E-state index is 12.2. The molecule has 0 aliphatic rings. The van der Waals surface area contributed by atoms with Crippen molar-refractivity contribution < 1.29 is 9.59 Å². The molecule has 18 heavy (non-hydrogen) atoms. The van der Waals surface area contributed by atoms with Crippen molar-refractivity contribution in [3.05, 3.63) is 35.4 Å². The summed E-state index contributed by atoms with van der Waals surface area (Å²) in [5, 5.41) is 0. The van der Waals surface area contributed by atoms with Crippen LogP contribution in [0.4, 0.5) is 0 Å². The van der Waals surface area contributed by atoms with E-state index in [0.717, 1.165) is 6.42 Å². The zero-order valence-electron chi connectivity index (χ0n) is 10.3. The molecule has 1 rings (SSSR count). The van der Waals surface area contributed by atoms with Crippen molar-refractivity contribution in [1.29, 1.82) is 0 Å². The number of nitrogens with zero attached hydrogens (tertiary/aromatic N) is 1. The number of carbonyl (C=O) groups is 2. The van der Waals surface area contributed by atoms with Crippen LogP contribution in [0.25, 0.3) is 0 Å². The van der Waals surface area contributed by atoms with Crippen molar-refractivity contribution in [3.63, 3.8) is 0 Å². The molecule has 0 radical (unpaired) electrons. The van der Waals surface area contributed by atoms with E-state index in [1.165, 1.54) is 6.07 Å². The molecule has 0 aliphatic carbocycles. The number of carbonyl (C=O) groups excluding carboxylic acids is 2. The first kappa shape index (κ1) is 13.8. The van der Waals surface area contributed by atoms with Crippen molar-refractivity contribution in [3.8, 4) is 12.3 Å². The average molecular weight is 244 g/mol. The zero-order valence-corrected chi connectivity index (χ0v) is 10.3. The van der Waals surface area contributed by atoms with Crippen LogP contribution in [0, 0.1) is 12.3 Å². The van der Waals surface area contributed by atoms with E-state index >= 15 is 0 Å². The molecular formula is C14H16N2O2. The first-order valence-electron chi connectivity index (χ1n) is 5.72. The minimum Gasteiger partial charge on any atom is -0.366 e. The van der Waals surface area contributed by atoms with Gasteiger partial charge in [-0.2, -0.15) is 0 Å². The van der Waals surface area contributed by atoms with E-state index in [9.17, 15) is 9.59 Å². The van der Waals surface area contributed by atoms with Crippen molar-refractivity contribution >= 4 is 11.8 Å². The van der Waals surface area contributed by atoms with Gasteiger partial charge in [-0.1, -0.05) is 18.9 Å². The van der Waals surface area contributed by atoms with E-state index in [0.29, 0.717) is 17.7 Å². The molecule has 0 saturated heterocycles. The molecule has 0 bridgehead atoms. The van der Waals surface area contributed by atoms with E-state index in [-0.39, 0.29) is 12.5 Å². The van der Waals surface area contributed by atoms with Crippen LogP contribution >= 0.6 is 0 Å². The monoisotopic (exact) mass is 244 g/mol. The van der Waals surface area contributed by atoms with Gasteiger partial charge in [-0.05, 0) is 24.6 Å². The Hall–Kier alpha value is -2.28. The Morgan fingerprint density at radius 1 is 1.39 bits per heavy atom. The number of hydrogen-bond donors (Lipinski definition) is 1. The predicted octanol–water partition coefficient (Wildman–Crippen LogP) is 1.27. The highest BCUT2D eigenvalue weighted by Gasteiger charge is 2.15. The van der Waals surface area contributed by atoms with Gasteiger partial charge in [0, 0.05) is 17.7 Å². The molecule has 1 aromatic rings. The second-order valence-electron chi connectivity index (χ2n) is 3.88. The minimum atomic E-state index is -0.552. The molecular weight excluding hydrogens is 228 g/mol. The second kappa shape index (κ2) is 6.45. The smallest absolute Gasteiger partial charge is 0.254 e. The van der Waals surface area contributed by atoms with Crippen LogP contribution in [0.2, 0.25) is 0 Å². The number of primary amides is 1. The summed E-state index contributed by atoms with van der Waals surface area (Å²) in [5.41, 5.74) is 5.92. The van der Waals surface area contributed by atoms with Crippen molar-refractivity contribution in [2.45, 2.75) is 13.3 Å². The second-order valence-corrected chi connectivity index (χ2v) is 3.88. The van der Waals surface area contributed by atoms with Gasteiger partial charge in [-0.3, -0.25) is 9.59 Å². The molecule has 2 N–H and O–H groups in total. The summed E-state index contributed by atoms with van der Waals surface area (Å²) < 4.78 is 0. The van der Waals surface area contributed by atoms with Gasteiger partial charge in [0.15, 0.2) is 0 Å². The summed E-state index contributed by atoms with van der Waals surface area (Å²) in [5.74, 6) is 1.72. The van der Waals surface area contributed by atoms with Crippen molar-refractivity contribution in [2.75, 3.05) is 13.1 Å². The Bertz CT molecular complexity index is 489. The number of rotatable bonds is 5. The van der Waals surface area contributed by atoms with Crippen LogP contribution < -0.4 is 5.73 Å². The summed E-state index contributed by atoms with van der Waals surface area (Å²) >= 11 is 0. The summed E-state index contributed by atoms with van der Waals surface area (Å²) in [6, 6.07) is 6.34. The highest BCUT2D eigenvalue weighted by molar-refractivity contribution is 5.99. The van der Waals surface area contributed by atoms with Crippen molar-refractivity contribution in [2.24, 2.45) is 5.73 Å². The molecule has 0 heterocycles. The van der Waals surface area contributed by atoms with Crippen LogP contribution in [0.5, 0.6) is 0 Å². The third-order valence-electron chi connectivity index (χ3n) is 2.46. The maximum atomic E-state index is 12.2. The summed E-state index contributed by atoms with van der Waals surface area (Å²) in [4.78, 5) is 24.8. The summed E-state index contributed by atoms with van der Waals surface area (Å²) in [6.45, 7) is 2.81. The Labute approximate surface area is 107 Å². The zero-order chi connectivity index (χ0) is 13.5. The molecule has 1 aromatic carbocycles. The molecule has 0 aromatic heterocycles. The lowest BCUT2D eigenvalue weighted by Crippen LogP contribution is -2.32. The number of nitrogens with two attached hydrogens (primary N) is 1. The molecule has 0 atom stereocenters. The standard InChI is InChI=1S/C14H16N2O2/c1-3-8-16(9-4-2)14(18)12-7-5-6-11(10-12)13(15)17/h1,5-7,10H,4,8-9H2,2H3,(H2,15,17). The normalized spacial score (nSPS) is 9.56. The first-order valence-corrected chi connectivity index (χ1v) is 5.72. The highest BCUT2D eigenvalue weighted by atomic mass is 16.2. The van der Waals surface area contributed by atoms with Crippen LogP contribution in [-0.2, 0) is 0 Å². The largest absolute Gasteiger partial charge is 0.366 e. The lowest BCUT2D eigenvalue weighted by molar-refractivity contribution is 0.0777. The molecule has 2 amide bonds. The van der Waals surface area contributed by atoms with Gasteiger partial charge in [-0.15, -0.1) is 6.42 Å². The van der Waals surface area contributed by atoms with Gasteiger partial charge in [0.1, 0.15) is 0 Å². The number of terminal acetylenes is 1. The Kier molecular flexibility index (Phi) is 4.94. The number of hydrogen-bond acceptors (Lipinski definition) is 2. The van der Waals surface area contributed by atoms with Crippen LogP contribution in [0.1, 0.15) is 34.1 Å². The quantitative estimate of drug-likeness (QED) is 0.793. The average Bonchev–Trinajstić information content (AvgIpc) is 2.38. The molecule has 0 aliphatic heterocycles. The third-order valence-corrected chi connectivity index (χ3v) is 2.46. The van der Waals surface area contributed by atoms with E-state index in [4.69, 9.17) is 12.2 Å². The van der Waals surface area contributed by atoms with Gasteiger partial charge < -0.3 is 10.6 Å². The molecule has 94 valence electrons. The number of amides is 2. The lowest BCUT2D eigenvalue weighted by atomic mass is 10.1. The van der Waals surface area contributed by atoms with Gasteiger partial charge in [-0.25, -0.2) is 0 Å². The van der Waals surface area contributed by atoms with Crippen molar-refractivity contribution in [1.82, 2.24) is 4.90 Å². The van der Waals surface area contributed by atoms with E-state index in [1.807, 2.05) is 6.92 Å². The molecule has 0 saturated carbocycles. The SMILES string of the molecule is C#CCN(CCC)C(=O)c1cccc(C(N)=O)c1. The summed E-state index contributed by atoms with van der Waals surface area (Å²) in [6.07, 6.45) is 6.06. The van der Waals surface area contributed by atoms with Crippen LogP contribution in [-0.4, -0.2) is 29.8 Å². The Morgan fingerprint density at radius 2 is 2.06 bits per heavy atom. The van der Waals surface area contributed by atoms with E-state index < -0.39 is 5.91 Å². The predicted molar refractivity (Wildman–Crippen MR) is 70.0 cm³/mol. The fourth-order valence-electron chi connectivity index (χ4n) is 1.62. The topological polar surface area (TPSA) is 63.4 Å². The Balaban J connectivity index is 2.97. The van der Waals surface area contributed by atoms with E-state index in [2.05, 4.69) is 5.92 Å². The van der Waals surface area contributed by atoms with Gasteiger partial charge in [0.2, 0.25) is 5.91 Å². The van der Waals surface area contributed by atoms with Crippen LogP contribution in [0.3, 0.4) is 0 Å². The fourth-order valence-corrected chi connectivity index (χ4v) is 1.62. The minimum absolute atomic E-state index is 0.182. The van der Waals surface area contributed by atoms with Gasteiger partial charge >= 0.3 is 0 Å². The van der Waals surface area contributed by atoms with Gasteiger partial charge in [0.05, 0.1) is 6.54 Å². The first-order chi connectivity index (χ1) is 8.60. The Morgan fingerprint density at radius 3 is 2.61 bits per heavy atom. The molecule has 0 fully saturated rings. The summed E-state index contributed by atoms with van der Waals surface area (Å²) in [7, 11) is 0. The fraction of sp³-hybridized carbons (Fsp3) is 0.286. The molecule has 4 heteroatoms. The van der Waals surface area contributed by atoms with Crippen LogP contribution in [0.15, 0.2) is 24.3 Å². The molecule has 0 spiro atoms. The number of benzene rings is 1. The van der Waals surface area contributed by atoms with Gasteiger partial charge in [0.25, 0.3) is 5.91 Å². The molecule has 4 nitrogen and oxygen atoms in total. The molecule has 0 unspecified atom stereocenters. The highest BCUT2D eigenvalue weighted by Crippen LogP contribution is 2.08.